The summed E-state index contributed by atoms with van der Waals surface area (Å²) in [6, 6.07) is 11.2. The fraction of sp³-hybridized carbons (Fsp3) is 0.385. The van der Waals surface area contributed by atoms with Gasteiger partial charge in [0.1, 0.15) is 11.3 Å². The number of rotatable bonds is 6. The first-order valence-electron chi connectivity index (χ1n) is 11.8. The number of benzene rings is 2. The van der Waals surface area contributed by atoms with Gasteiger partial charge in [0.15, 0.2) is 0 Å². The number of fused-ring (bicyclic) bond motifs is 1. The van der Waals surface area contributed by atoms with Crippen molar-refractivity contribution in [1.29, 1.82) is 0 Å². The van der Waals surface area contributed by atoms with Gasteiger partial charge in [-0.15, -0.1) is 0 Å². The fourth-order valence-electron chi connectivity index (χ4n) is 4.80. The van der Waals surface area contributed by atoms with Gasteiger partial charge in [-0.2, -0.15) is 0 Å². The molecule has 2 aromatic carbocycles. The zero-order chi connectivity index (χ0) is 25.3. The number of anilines is 1. The smallest absolute Gasteiger partial charge is 0.264 e. The number of hydrogen-bond donors (Lipinski definition) is 1. The second-order valence-corrected chi connectivity index (χ2v) is 11.2. The van der Waals surface area contributed by atoms with Crippen LogP contribution in [0.4, 0.5) is 5.69 Å². The second kappa shape index (κ2) is 9.73. The van der Waals surface area contributed by atoms with Crippen molar-refractivity contribution >= 4 is 32.5 Å². The zero-order valence-electron chi connectivity index (χ0n) is 20.4. The number of piperidine rings is 1. The summed E-state index contributed by atoms with van der Waals surface area (Å²) in [5.41, 5.74) is 0.385. The summed E-state index contributed by atoms with van der Waals surface area (Å²) < 4.78 is 33.7. The summed E-state index contributed by atoms with van der Waals surface area (Å²) in [4.78, 5) is 31.2. The predicted molar refractivity (Wildman–Crippen MR) is 137 cm³/mol. The first kappa shape index (κ1) is 24.8. The van der Waals surface area contributed by atoms with E-state index in [9.17, 15) is 18.0 Å². The van der Waals surface area contributed by atoms with Gasteiger partial charge in [0.2, 0.25) is 5.43 Å². The molecule has 0 unspecified atom stereocenters. The molecule has 1 amide bonds. The molecule has 0 saturated carbocycles. The Labute approximate surface area is 205 Å². The normalized spacial score (nSPS) is 18.5. The highest BCUT2D eigenvalue weighted by Crippen LogP contribution is 2.31. The van der Waals surface area contributed by atoms with Crippen LogP contribution in [0.1, 0.15) is 37.6 Å². The molecule has 35 heavy (non-hydrogen) atoms. The number of nitrogens with one attached hydrogen (secondary N) is 1. The van der Waals surface area contributed by atoms with E-state index in [1.54, 1.807) is 35.2 Å². The van der Waals surface area contributed by atoms with Crippen molar-refractivity contribution in [3.05, 3.63) is 64.4 Å². The molecule has 1 aliphatic rings. The van der Waals surface area contributed by atoms with Crippen molar-refractivity contribution in [3.8, 4) is 5.75 Å². The van der Waals surface area contributed by atoms with Crippen molar-refractivity contribution in [1.82, 2.24) is 9.88 Å². The standard InChI is InChI=1S/C26H31N3O5S/c1-5-34-24-9-7-6-8-23(24)28(4)35(32,33)19-10-11-22-20(13-19)25(30)21(14-27-22)26(31)29-15-17(2)12-18(3)16-29/h6-11,13-14,17-18H,5,12,15-16H2,1-4H3,(H,27,30)/t17-,18-/m1/s1. The van der Waals surface area contributed by atoms with Gasteiger partial charge < -0.3 is 14.6 Å². The number of carbonyl (C=O) groups is 1. The number of aromatic nitrogens is 1. The van der Waals surface area contributed by atoms with Crippen LogP contribution in [0.2, 0.25) is 0 Å². The van der Waals surface area contributed by atoms with Gasteiger partial charge in [0.25, 0.3) is 15.9 Å². The van der Waals surface area contributed by atoms with Gasteiger partial charge in [-0.1, -0.05) is 26.0 Å². The molecule has 0 radical (unpaired) electrons. The lowest BCUT2D eigenvalue weighted by Gasteiger charge is -2.34. The Morgan fingerprint density at radius 1 is 1.14 bits per heavy atom. The Hall–Kier alpha value is -3.33. The first-order valence-corrected chi connectivity index (χ1v) is 13.2. The van der Waals surface area contributed by atoms with E-state index in [1.165, 1.54) is 25.4 Å². The van der Waals surface area contributed by atoms with Crippen LogP contribution >= 0.6 is 0 Å². The van der Waals surface area contributed by atoms with Crippen LogP contribution in [0.15, 0.2) is 58.4 Å². The molecule has 1 saturated heterocycles. The predicted octanol–water partition coefficient (Wildman–Crippen LogP) is 3.87. The van der Waals surface area contributed by atoms with E-state index in [4.69, 9.17) is 4.74 Å². The highest BCUT2D eigenvalue weighted by molar-refractivity contribution is 7.92. The van der Waals surface area contributed by atoms with Crippen LogP contribution < -0.4 is 14.5 Å². The summed E-state index contributed by atoms with van der Waals surface area (Å²) in [5, 5.41) is 0.154. The largest absolute Gasteiger partial charge is 0.492 e. The summed E-state index contributed by atoms with van der Waals surface area (Å²) >= 11 is 0. The molecule has 1 aliphatic heterocycles. The molecule has 1 N–H and O–H groups in total. The number of hydrogen-bond acceptors (Lipinski definition) is 5. The molecule has 2 heterocycles. The lowest BCUT2D eigenvalue weighted by atomic mass is 9.91. The highest BCUT2D eigenvalue weighted by Gasteiger charge is 2.29. The molecule has 0 aliphatic carbocycles. The number of carbonyl (C=O) groups excluding carboxylic acids is 1. The fourth-order valence-corrected chi connectivity index (χ4v) is 6.03. The quantitative estimate of drug-likeness (QED) is 0.557. The maximum absolute atomic E-state index is 13.5. The lowest BCUT2D eigenvalue weighted by molar-refractivity contribution is 0.0621. The van der Waals surface area contributed by atoms with Crippen LogP contribution in [0, 0.1) is 11.8 Å². The van der Waals surface area contributed by atoms with Crippen molar-refractivity contribution in [3.63, 3.8) is 0 Å². The monoisotopic (exact) mass is 497 g/mol. The van der Waals surface area contributed by atoms with E-state index < -0.39 is 15.5 Å². The highest BCUT2D eigenvalue weighted by atomic mass is 32.2. The summed E-state index contributed by atoms with van der Waals surface area (Å²) in [6.07, 6.45) is 2.47. The Balaban J connectivity index is 1.73. The van der Waals surface area contributed by atoms with Crippen molar-refractivity contribution in [2.24, 2.45) is 11.8 Å². The van der Waals surface area contributed by atoms with E-state index in [2.05, 4.69) is 18.8 Å². The zero-order valence-corrected chi connectivity index (χ0v) is 21.3. The third kappa shape index (κ3) is 4.77. The summed E-state index contributed by atoms with van der Waals surface area (Å²) in [6.45, 7) is 7.60. The summed E-state index contributed by atoms with van der Waals surface area (Å²) in [7, 11) is -2.56. The third-order valence-corrected chi connectivity index (χ3v) is 8.17. The number of para-hydroxylation sites is 2. The number of amides is 1. The van der Waals surface area contributed by atoms with Crippen LogP contribution in [-0.4, -0.2) is 51.0 Å². The second-order valence-electron chi connectivity index (χ2n) is 9.27. The van der Waals surface area contributed by atoms with E-state index in [0.29, 0.717) is 48.5 Å². The molecular formula is C26H31N3O5S. The maximum Gasteiger partial charge on any atom is 0.264 e. The van der Waals surface area contributed by atoms with E-state index >= 15 is 0 Å². The number of ether oxygens (including phenoxy) is 1. The molecule has 2 atom stereocenters. The van der Waals surface area contributed by atoms with Crippen molar-refractivity contribution < 1.29 is 17.9 Å². The number of nitrogens with zero attached hydrogens (tertiary/aromatic N) is 2. The van der Waals surface area contributed by atoms with Gasteiger partial charge >= 0.3 is 0 Å². The van der Waals surface area contributed by atoms with Crippen LogP contribution in [0.5, 0.6) is 5.75 Å². The first-order chi connectivity index (χ1) is 16.6. The van der Waals surface area contributed by atoms with Gasteiger partial charge in [0, 0.05) is 37.2 Å². The number of pyridine rings is 1. The van der Waals surface area contributed by atoms with Gasteiger partial charge in [-0.05, 0) is 55.5 Å². The minimum absolute atomic E-state index is 0.0170. The van der Waals surface area contributed by atoms with Crippen molar-refractivity contribution in [2.75, 3.05) is 31.0 Å². The van der Waals surface area contributed by atoms with Crippen LogP contribution in [0.25, 0.3) is 10.9 Å². The number of aromatic amines is 1. The Morgan fingerprint density at radius 3 is 2.51 bits per heavy atom. The lowest BCUT2D eigenvalue weighted by Crippen LogP contribution is -2.44. The SMILES string of the molecule is CCOc1ccccc1N(C)S(=O)(=O)c1ccc2[nH]cc(C(=O)N3C[C@H](C)C[C@@H](C)C3)c(=O)c2c1. The number of H-pyrrole nitrogens is 1. The average Bonchev–Trinajstić information content (AvgIpc) is 2.83. The van der Waals surface area contributed by atoms with E-state index in [0.717, 1.165) is 10.7 Å². The number of sulfonamides is 1. The Morgan fingerprint density at radius 2 is 1.83 bits per heavy atom. The minimum Gasteiger partial charge on any atom is -0.492 e. The van der Waals surface area contributed by atoms with Crippen LogP contribution in [0.3, 0.4) is 0 Å². The number of likely N-dealkylation sites (tertiary alicyclic amines) is 1. The molecule has 8 nitrogen and oxygen atoms in total. The molecule has 9 heteroatoms. The van der Waals surface area contributed by atoms with Gasteiger partial charge in [0.05, 0.1) is 17.2 Å². The molecule has 0 bridgehead atoms. The molecule has 186 valence electrons. The Bertz CT molecular complexity index is 1410. The van der Waals surface area contributed by atoms with Gasteiger partial charge in [-0.3, -0.25) is 13.9 Å². The van der Waals surface area contributed by atoms with Crippen LogP contribution in [-0.2, 0) is 10.0 Å². The van der Waals surface area contributed by atoms with E-state index in [-0.39, 0.29) is 21.8 Å². The molecule has 1 aromatic heterocycles. The molecular weight excluding hydrogens is 466 g/mol. The van der Waals surface area contributed by atoms with Crippen molar-refractivity contribution in [2.45, 2.75) is 32.1 Å². The Kier molecular flexibility index (Phi) is 6.89. The topological polar surface area (TPSA) is 99.8 Å². The van der Waals surface area contributed by atoms with Gasteiger partial charge in [-0.25, -0.2) is 8.42 Å². The molecule has 4 rings (SSSR count). The maximum atomic E-state index is 13.5. The molecule has 0 spiro atoms. The molecule has 1 fully saturated rings. The van der Waals surface area contributed by atoms with E-state index in [1.807, 2.05) is 6.92 Å². The average molecular weight is 498 g/mol. The summed E-state index contributed by atoms with van der Waals surface area (Å²) in [5.74, 6) is 0.823. The molecule has 3 aromatic rings. The minimum atomic E-state index is -4.00. The third-order valence-electron chi connectivity index (χ3n) is 6.40.